The van der Waals surface area contributed by atoms with Gasteiger partial charge in [-0.15, -0.1) is 10.2 Å². The third kappa shape index (κ3) is 2.96. The van der Waals surface area contributed by atoms with Crippen molar-refractivity contribution in [1.82, 2.24) is 25.4 Å². The van der Waals surface area contributed by atoms with Crippen LogP contribution in [0.5, 0.6) is 0 Å². The SMILES string of the molecule is O=C(NCc1nnc2n1CCC2)NC1CCCC(C2CC2)C1. The summed E-state index contributed by atoms with van der Waals surface area (Å²) < 4.78 is 2.13. The van der Waals surface area contributed by atoms with E-state index in [2.05, 4.69) is 25.4 Å². The fourth-order valence-electron chi connectivity index (χ4n) is 4.09. The number of fused-ring (bicyclic) bond motifs is 1. The molecular formula is C16H25N5O. The Hall–Kier alpha value is -1.59. The molecule has 3 aliphatic rings. The summed E-state index contributed by atoms with van der Waals surface area (Å²) in [4.78, 5) is 12.1. The zero-order chi connectivity index (χ0) is 14.9. The molecule has 6 heteroatoms. The number of aromatic nitrogens is 3. The van der Waals surface area contributed by atoms with Crippen molar-refractivity contribution in [2.75, 3.05) is 0 Å². The van der Waals surface area contributed by atoms with E-state index in [4.69, 9.17) is 0 Å². The average Bonchev–Trinajstić information content (AvgIpc) is 3.14. The van der Waals surface area contributed by atoms with Crippen LogP contribution in [0.2, 0.25) is 0 Å². The van der Waals surface area contributed by atoms with Crippen LogP contribution in [0.3, 0.4) is 0 Å². The lowest BCUT2D eigenvalue weighted by molar-refractivity contribution is 0.220. The van der Waals surface area contributed by atoms with Gasteiger partial charge in [-0.2, -0.15) is 0 Å². The molecule has 0 saturated heterocycles. The summed E-state index contributed by atoms with van der Waals surface area (Å²) in [5.74, 6) is 3.73. The van der Waals surface area contributed by atoms with Gasteiger partial charge in [0, 0.05) is 19.0 Å². The highest BCUT2D eigenvalue weighted by Crippen LogP contribution is 2.43. The third-order valence-corrected chi connectivity index (χ3v) is 5.43. The van der Waals surface area contributed by atoms with Gasteiger partial charge in [0.2, 0.25) is 0 Å². The van der Waals surface area contributed by atoms with Crippen molar-refractivity contribution < 1.29 is 4.79 Å². The Morgan fingerprint density at radius 2 is 2.05 bits per heavy atom. The zero-order valence-corrected chi connectivity index (χ0v) is 13.1. The predicted molar refractivity (Wildman–Crippen MR) is 82.2 cm³/mol. The minimum atomic E-state index is -0.0585. The second-order valence-corrected chi connectivity index (χ2v) is 7.08. The fraction of sp³-hybridized carbons (Fsp3) is 0.812. The van der Waals surface area contributed by atoms with Gasteiger partial charge in [0.05, 0.1) is 6.54 Å². The topological polar surface area (TPSA) is 71.8 Å². The monoisotopic (exact) mass is 303 g/mol. The van der Waals surface area contributed by atoms with E-state index in [1.54, 1.807) is 0 Å². The van der Waals surface area contributed by atoms with Crippen LogP contribution in [0, 0.1) is 11.8 Å². The molecule has 6 nitrogen and oxygen atoms in total. The molecule has 0 radical (unpaired) electrons. The Balaban J connectivity index is 1.25. The van der Waals surface area contributed by atoms with Crippen LogP contribution >= 0.6 is 0 Å². The zero-order valence-electron chi connectivity index (χ0n) is 13.1. The summed E-state index contributed by atoms with van der Waals surface area (Å²) in [5.41, 5.74) is 0. The minimum Gasteiger partial charge on any atom is -0.335 e. The molecule has 2 atom stereocenters. The number of amides is 2. The van der Waals surface area contributed by atoms with E-state index in [-0.39, 0.29) is 6.03 Å². The van der Waals surface area contributed by atoms with Crippen molar-refractivity contribution in [3.63, 3.8) is 0 Å². The molecule has 2 aliphatic carbocycles. The van der Waals surface area contributed by atoms with E-state index in [1.807, 2.05) is 0 Å². The largest absolute Gasteiger partial charge is 0.335 e. The first-order chi connectivity index (χ1) is 10.8. The van der Waals surface area contributed by atoms with Gasteiger partial charge in [-0.05, 0) is 43.9 Å². The molecule has 1 aliphatic heterocycles. The van der Waals surface area contributed by atoms with Gasteiger partial charge in [0.1, 0.15) is 5.82 Å². The van der Waals surface area contributed by atoms with Crippen LogP contribution in [0.4, 0.5) is 4.79 Å². The number of carbonyl (C=O) groups excluding carboxylic acids is 1. The van der Waals surface area contributed by atoms with Crippen molar-refractivity contribution in [1.29, 1.82) is 0 Å². The molecule has 1 aromatic heterocycles. The summed E-state index contributed by atoms with van der Waals surface area (Å²) >= 11 is 0. The third-order valence-electron chi connectivity index (χ3n) is 5.43. The van der Waals surface area contributed by atoms with Crippen LogP contribution in [0.25, 0.3) is 0 Å². The molecule has 2 heterocycles. The number of aryl methyl sites for hydroxylation is 1. The molecule has 2 N–H and O–H groups in total. The van der Waals surface area contributed by atoms with Crippen LogP contribution in [0.15, 0.2) is 0 Å². The molecule has 0 bridgehead atoms. The second kappa shape index (κ2) is 5.89. The summed E-state index contributed by atoms with van der Waals surface area (Å²) in [6, 6.07) is 0.292. The minimum absolute atomic E-state index is 0.0585. The Morgan fingerprint density at radius 1 is 1.14 bits per heavy atom. The first-order valence-corrected chi connectivity index (χ1v) is 8.75. The molecule has 2 amide bonds. The van der Waals surface area contributed by atoms with E-state index < -0.39 is 0 Å². The molecule has 2 fully saturated rings. The highest BCUT2D eigenvalue weighted by atomic mass is 16.2. The molecular weight excluding hydrogens is 278 g/mol. The van der Waals surface area contributed by atoms with E-state index in [1.165, 1.54) is 32.1 Å². The molecule has 2 unspecified atom stereocenters. The Kier molecular flexibility index (Phi) is 3.76. The highest BCUT2D eigenvalue weighted by molar-refractivity contribution is 5.74. The van der Waals surface area contributed by atoms with E-state index in [9.17, 15) is 4.79 Å². The first-order valence-electron chi connectivity index (χ1n) is 8.75. The molecule has 1 aromatic rings. The van der Waals surface area contributed by atoms with Gasteiger partial charge < -0.3 is 15.2 Å². The predicted octanol–water partition coefficient (Wildman–Crippen LogP) is 1.99. The van der Waals surface area contributed by atoms with Gasteiger partial charge in [0.25, 0.3) is 0 Å². The number of urea groups is 1. The summed E-state index contributed by atoms with van der Waals surface area (Å²) in [7, 11) is 0. The number of nitrogens with zero attached hydrogens (tertiary/aromatic N) is 3. The number of rotatable bonds is 4. The number of hydrogen-bond donors (Lipinski definition) is 2. The van der Waals surface area contributed by atoms with Crippen molar-refractivity contribution >= 4 is 6.03 Å². The maximum absolute atomic E-state index is 12.1. The standard InChI is InChI=1S/C16H25N5O/c22-16(17-10-15-20-19-14-5-2-8-21(14)15)18-13-4-1-3-12(9-13)11-6-7-11/h11-13H,1-10H2,(H2,17,18,22). The smallest absolute Gasteiger partial charge is 0.315 e. The number of carbonyl (C=O) groups is 1. The van der Waals surface area contributed by atoms with Gasteiger partial charge >= 0.3 is 6.03 Å². The molecule has 0 spiro atoms. The van der Waals surface area contributed by atoms with Crippen LogP contribution in [-0.2, 0) is 19.5 Å². The lowest BCUT2D eigenvalue weighted by Gasteiger charge is -2.29. The van der Waals surface area contributed by atoms with Crippen molar-refractivity contribution in [3.8, 4) is 0 Å². The normalized spacial score (nSPS) is 27.5. The van der Waals surface area contributed by atoms with Crippen LogP contribution in [-0.4, -0.2) is 26.8 Å². The van der Waals surface area contributed by atoms with Gasteiger partial charge in [-0.3, -0.25) is 0 Å². The fourth-order valence-corrected chi connectivity index (χ4v) is 4.09. The Morgan fingerprint density at radius 3 is 2.91 bits per heavy atom. The molecule has 22 heavy (non-hydrogen) atoms. The lowest BCUT2D eigenvalue weighted by atomic mass is 9.83. The first kappa shape index (κ1) is 14.0. The number of hydrogen-bond acceptors (Lipinski definition) is 3. The van der Waals surface area contributed by atoms with E-state index in [0.29, 0.717) is 12.6 Å². The van der Waals surface area contributed by atoms with Crippen molar-refractivity contribution in [2.24, 2.45) is 11.8 Å². The van der Waals surface area contributed by atoms with Gasteiger partial charge in [-0.1, -0.05) is 12.8 Å². The maximum atomic E-state index is 12.1. The van der Waals surface area contributed by atoms with E-state index >= 15 is 0 Å². The number of nitrogens with one attached hydrogen (secondary N) is 2. The quantitative estimate of drug-likeness (QED) is 0.893. The molecule has 4 rings (SSSR count). The Labute approximate surface area is 131 Å². The molecule has 2 saturated carbocycles. The lowest BCUT2D eigenvalue weighted by Crippen LogP contribution is -2.44. The maximum Gasteiger partial charge on any atom is 0.315 e. The summed E-state index contributed by atoms with van der Waals surface area (Å²) in [5, 5.41) is 14.4. The average molecular weight is 303 g/mol. The highest BCUT2D eigenvalue weighted by Gasteiger charge is 2.35. The van der Waals surface area contributed by atoms with Crippen LogP contribution in [0.1, 0.15) is 56.6 Å². The Bertz CT molecular complexity index is 551. The summed E-state index contributed by atoms with van der Waals surface area (Å²) in [6.45, 7) is 1.45. The van der Waals surface area contributed by atoms with Crippen molar-refractivity contribution in [3.05, 3.63) is 11.6 Å². The van der Waals surface area contributed by atoms with Crippen molar-refractivity contribution in [2.45, 2.75) is 70.5 Å². The van der Waals surface area contributed by atoms with Crippen LogP contribution < -0.4 is 10.6 Å². The second-order valence-electron chi connectivity index (χ2n) is 7.08. The van der Waals surface area contributed by atoms with Gasteiger partial charge in [0.15, 0.2) is 5.82 Å². The van der Waals surface area contributed by atoms with Gasteiger partial charge in [-0.25, -0.2) is 4.79 Å². The van der Waals surface area contributed by atoms with E-state index in [0.717, 1.165) is 49.3 Å². The molecule has 120 valence electrons. The molecule has 0 aromatic carbocycles. The summed E-state index contributed by atoms with van der Waals surface area (Å²) in [6.07, 6.45) is 9.84.